The van der Waals surface area contributed by atoms with E-state index in [2.05, 4.69) is 19.9 Å². The molecule has 26 heavy (non-hydrogen) atoms. The highest BCUT2D eigenvalue weighted by Crippen LogP contribution is 2.44. The number of H-pyrrole nitrogens is 1. The van der Waals surface area contributed by atoms with E-state index in [1.54, 1.807) is 6.92 Å². The highest BCUT2D eigenvalue weighted by molar-refractivity contribution is 6.33. The lowest BCUT2D eigenvalue weighted by Gasteiger charge is -2.41. The molecule has 0 amide bonds. The largest absolute Gasteiger partial charge is 0.478 e. The maximum atomic E-state index is 12.3. The van der Waals surface area contributed by atoms with E-state index in [9.17, 15) is 9.59 Å². The first kappa shape index (κ1) is 17.0. The number of rotatable bonds is 2. The summed E-state index contributed by atoms with van der Waals surface area (Å²) >= 11 is 6.31. The second kappa shape index (κ2) is 6.09. The smallest absolute Gasteiger partial charge is 0.337 e. The van der Waals surface area contributed by atoms with E-state index >= 15 is 0 Å². The summed E-state index contributed by atoms with van der Waals surface area (Å²) in [5.41, 5.74) is 1.55. The molecule has 2 aliphatic rings. The molecule has 1 fully saturated rings. The van der Waals surface area contributed by atoms with Gasteiger partial charge in [0.25, 0.3) is 5.56 Å². The fourth-order valence-electron chi connectivity index (χ4n) is 4.25. The zero-order valence-electron chi connectivity index (χ0n) is 14.4. The Labute approximate surface area is 155 Å². The monoisotopic (exact) mass is 374 g/mol. The summed E-state index contributed by atoms with van der Waals surface area (Å²) in [7, 11) is 0. The number of fused-ring (bicyclic) bond motifs is 2. The molecule has 2 N–H and O–H groups in total. The Balaban J connectivity index is 1.70. The molecule has 1 atom stereocenters. The number of nitrogens with zero attached hydrogens (tertiary/aromatic N) is 3. The number of anilines is 1. The van der Waals surface area contributed by atoms with Gasteiger partial charge in [-0.3, -0.25) is 4.79 Å². The third-order valence-electron chi connectivity index (χ3n) is 5.43. The molecule has 0 radical (unpaired) electrons. The molecule has 4 rings (SSSR count). The maximum Gasteiger partial charge on any atom is 0.337 e. The van der Waals surface area contributed by atoms with Gasteiger partial charge in [0.2, 0.25) is 0 Å². The summed E-state index contributed by atoms with van der Waals surface area (Å²) in [4.78, 5) is 37.2. The van der Waals surface area contributed by atoms with Crippen molar-refractivity contribution in [3.63, 3.8) is 0 Å². The zero-order chi connectivity index (χ0) is 18.5. The molecule has 7 nitrogen and oxygen atoms in total. The second-order valence-corrected chi connectivity index (χ2v) is 7.53. The van der Waals surface area contributed by atoms with E-state index in [0.717, 1.165) is 43.5 Å². The van der Waals surface area contributed by atoms with Crippen molar-refractivity contribution in [2.24, 2.45) is 0 Å². The molecular weight excluding hydrogens is 356 g/mol. The fourth-order valence-corrected chi connectivity index (χ4v) is 4.54. The lowest BCUT2D eigenvalue weighted by atomic mass is 9.77. The minimum atomic E-state index is -1.05. The number of aromatic carboxylic acids is 1. The molecule has 1 aliphatic heterocycles. The van der Waals surface area contributed by atoms with Crippen molar-refractivity contribution < 1.29 is 9.90 Å². The molecule has 2 aromatic heterocycles. The summed E-state index contributed by atoms with van der Waals surface area (Å²) < 4.78 is 0. The van der Waals surface area contributed by atoms with Crippen LogP contribution in [0.2, 0.25) is 5.02 Å². The molecule has 2 aromatic rings. The van der Waals surface area contributed by atoms with Crippen LogP contribution < -0.4 is 10.5 Å². The minimum Gasteiger partial charge on any atom is -0.478 e. The zero-order valence-corrected chi connectivity index (χ0v) is 15.1. The molecule has 8 heteroatoms. The van der Waals surface area contributed by atoms with Gasteiger partial charge >= 0.3 is 5.97 Å². The number of aromatic nitrogens is 3. The Morgan fingerprint density at radius 1 is 1.42 bits per heavy atom. The van der Waals surface area contributed by atoms with E-state index in [1.165, 1.54) is 12.3 Å². The number of hydrogen-bond acceptors (Lipinski definition) is 5. The fraction of sp³-hybridized carbons (Fsp3) is 0.444. The topological polar surface area (TPSA) is 99.2 Å². The molecule has 1 aliphatic carbocycles. The Morgan fingerprint density at radius 3 is 2.96 bits per heavy atom. The van der Waals surface area contributed by atoms with Crippen molar-refractivity contribution in [2.75, 3.05) is 18.0 Å². The number of pyridine rings is 1. The van der Waals surface area contributed by atoms with Crippen LogP contribution in [0.5, 0.6) is 0 Å². The van der Waals surface area contributed by atoms with Gasteiger partial charge in [0.05, 0.1) is 16.3 Å². The lowest BCUT2D eigenvalue weighted by Crippen LogP contribution is -2.46. The molecule has 1 unspecified atom stereocenters. The highest BCUT2D eigenvalue weighted by atomic mass is 35.5. The van der Waals surface area contributed by atoms with E-state index in [1.807, 2.05) is 0 Å². The average molecular weight is 375 g/mol. The molecule has 3 heterocycles. The first-order valence-corrected chi connectivity index (χ1v) is 9.01. The Kier molecular flexibility index (Phi) is 3.99. The number of halogens is 1. The molecule has 1 saturated heterocycles. The van der Waals surface area contributed by atoms with Crippen LogP contribution in [0.4, 0.5) is 5.82 Å². The minimum absolute atomic E-state index is 0.0385. The summed E-state index contributed by atoms with van der Waals surface area (Å²) in [6.45, 7) is 3.27. The van der Waals surface area contributed by atoms with Crippen molar-refractivity contribution in [2.45, 2.75) is 38.0 Å². The van der Waals surface area contributed by atoms with Crippen LogP contribution in [0.3, 0.4) is 0 Å². The average Bonchev–Trinajstić information content (AvgIpc) is 2.93. The van der Waals surface area contributed by atoms with Crippen molar-refractivity contribution in [1.82, 2.24) is 15.0 Å². The summed E-state index contributed by atoms with van der Waals surface area (Å²) in [6.07, 6.45) is 4.84. The molecular formula is C18H19ClN4O3. The summed E-state index contributed by atoms with van der Waals surface area (Å²) in [5.74, 6) is 0.171. The molecule has 0 saturated carbocycles. The molecule has 0 aromatic carbocycles. The number of piperidine rings is 1. The first-order valence-electron chi connectivity index (χ1n) is 8.64. The van der Waals surface area contributed by atoms with Crippen molar-refractivity contribution in [1.29, 1.82) is 0 Å². The van der Waals surface area contributed by atoms with Crippen LogP contribution in [0, 0.1) is 6.92 Å². The van der Waals surface area contributed by atoms with E-state index < -0.39 is 5.97 Å². The van der Waals surface area contributed by atoms with Gasteiger partial charge in [-0.2, -0.15) is 0 Å². The number of nitrogens with one attached hydrogen (secondary N) is 1. The first-order chi connectivity index (χ1) is 12.4. The number of hydrogen-bond donors (Lipinski definition) is 2. The number of carbonyl (C=O) groups is 1. The number of carboxylic acid groups (broad SMARTS) is 1. The van der Waals surface area contributed by atoms with Crippen LogP contribution in [-0.4, -0.2) is 39.1 Å². The third-order valence-corrected chi connectivity index (χ3v) is 5.71. The summed E-state index contributed by atoms with van der Waals surface area (Å²) in [6, 6.07) is 1.43. The SMILES string of the molecule is Cc1nc2c(c(=O)[nH]1)CCC21CCCN(c2ncc(C(=O)O)cc2Cl)C1. The predicted molar refractivity (Wildman–Crippen MR) is 97.2 cm³/mol. The van der Waals surface area contributed by atoms with Crippen LogP contribution in [-0.2, 0) is 11.8 Å². The molecule has 1 spiro atoms. The van der Waals surface area contributed by atoms with Gasteiger partial charge < -0.3 is 15.0 Å². The Bertz CT molecular complexity index is 958. The third kappa shape index (κ3) is 2.67. The van der Waals surface area contributed by atoms with Crippen molar-refractivity contribution in [3.05, 3.63) is 50.3 Å². The standard InChI is InChI=1S/C18H19ClN4O3/c1-10-21-14-12(16(24)22-10)3-5-18(14)4-2-6-23(9-18)15-13(19)7-11(8-20-15)17(25)26/h7-8H,2-6,9H2,1H3,(H,25,26)(H,21,22,24). The maximum absolute atomic E-state index is 12.3. The normalized spacial score (nSPS) is 21.8. The number of aryl methyl sites for hydroxylation is 1. The number of aromatic amines is 1. The van der Waals surface area contributed by atoms with E-state index in [-0.39, 0.29) is 16.5 Å². The van der Waals surface area contributed by atoms with Crippen LogP contribution in [0.25, 0.3) is 0 Å². The lowest BCUT2D eigenvalue weighted by molar-refractivity contribution is 0.0696. The van der Waals surface area contributed by atoms with Crippen LogP contribution in [0.15, 0.2) is 17.1 Å². The van der Waals surface area contributed by atoms with Crippen LogP contribution in [0.1, 0.15) is 46.7 Å². The van der Waals surface area contributed by atoms with E-state index in [4.69, 9.17) is 16.7 Å². The Morgan fingerprint density at radius 2 is 2.23 bits per heavy atom. The van der Waals surface area contributed by atoms with Gasteiger partial charge in [0.15, 0.2) is 0 Å². The van der Waals surface area contributed by atoms with Gasteiger partial charge in [-0.1, -0.05) is 11.6 Å². The van der Waals surface area contributed by atoms with Gasteiger partial charge in [-0.25, -0.2) is 14.8 Å². The van der Waals surface area contributed by atoms with E-state index in [0.29, 0.717) is 23.2 Å². The van der Waals surface area contributed by atoms with Crippen LogP contribution >= 0.6 is 11.6 Å². The van der Waals surface area contributed by atoms with Gasteiger partial charge in [0, 0.05) is 30.3 Å². The second-order valence-electron chi connectivity index (χ2n) is 7.12. The molecule has 0 bridgehead atoms. The summed E-state index contributed by atoms with van der Waals surface area (Å²) in [5, 5.41) is 9.42. The van der Waals surface area contributed by atoms with Gasteiger partial charge in [-0.15, -0.1) is 0 Å². The van der Waals surface area contributed by atoms with Gasteiger partial charge in [-0.05, 0) is 38.7 Å². The molecule has 136 valence electrons. The predicted octanol–water partition coefficient (Wildman–Crippen LogP) is 2.31. The van der Waals surface area contributed by atoms with Gasteiger partial charge in [0.1, 0.15) is 11.6 Å². The highest BCUT2D eigenvalue weighted by Gasteiger charge is 2.45. The quantitative estimate of drug-likeness (QED) is 0.836. The number of carboxylic acids is 1. The van der Waals surface area contributed by atoms with Crippen molar-refractivity contribution >= 4 is 23.4 Å². The Hall–Kier alpha value is -2.41. The van der Waals surface area contributed by atoms with Crippen molar-refractivity contribution in [3.8, 4) is 0 Å².